The number of phenols is 1. The van der Waals surface area contributed by atoms with E-state index in [-0.39, 0.29) is 37.0 Å². The second kappa shape index (κ2) is 13.6. The molecule has 0 radical (unpaired) electrons. The molecule has 37 heavy (non-hydrogen) atoms. The molecular formula is C26H30N4O7. The van der Waals surface area contributed by atoms with Crippen LogP contribution in [0.5, 0.6) is 5.75 Å². The first-order valence-corrected chi connectivity index (χ1v) is 11.9. The van der Waals surface area contributed by atoms with Gasteiger partial charge in [-0.1, -0.05) is 42.5 Å². The molecule has 11 heteroatoms. The maximum Gasteiger partial charge on any atom is 0.408 e. The van der Waals surface area contributed by atoms with E-state index in [2.05, 4.69) is 21.3 Å². The van der Waals surface area contributed by atoms with E-state index in [0.717, 1.165) is 5.56 Å². The van der Waals surface area contributed by atoms with Crippen molar-refractivity contribution in [2.75, 3.05) is 13.1 Å². The number of carbonyl (C=O) groups is 5. The highest BCUT2D eigenvalue weighted by molar-refractivity contribution is 5.90. The van der Waals surface area contributed by atoms with Crippen LogP contribution in [0, 0.1) is 5.92 Å². The minimum atomic E-state index is -1.08. The maximum absolute atomic E-state index is 12.9. The van der Waals surface area contributed by atoms with E-state index in [4.69, 9.17) is 4.74 Å². The van der Waals surface area contributed by atoms with Gasteiger partial charge in [-0.05, 0) is 36.1 Å². The van der Waals surface area contributed by atoms with E-state index < -0.39 is 36.5 Å². The number of aldehydes is 1. The number of rotatable bonds is 12. The molecule has 1 saturated heterocycles. The summed E-state index contributed by atoms with van der Waals surface area (Å²) in [6, 6.07) is 13.2. The average Bonchev–Trinajstić information content (AvgIpc) is 3.31. The highest BCUT2D eigenvalue weighted by Gasteiger charge is 2.28. The van der Waals surface area contributed by atoms with Gasteiger partial charge in [0.1, 0.15) is 24.7 Å². The molecule has 0 saturated carbocycles. The Morgan fingerprint density at radius 2 is 1.78 bits per heavy atom. The molecule has 196 valence electrons. The van der Waals surface area contributed by atoms with Crippen LogP contribution in [0.25, 0.3) is 0 Å². The quantitative estimate of drug-likeness (QED) is 0.260. The molecule has 4 amide bonds. The Balaban J connectivity index is 1.55. The molecule has 11 nitrogen and oxygen atoms in total. The van der Waals surface area contributed by atoms with Gasteiger partial charge < -0.3 is 35.9 Å². The predicted octanol–water partition coefficient (Wildman–Crippen LogP) is 0.556. The summed E-state index contributed by atoms with van der Waals surface area (Å²) in [6.45, 7) is 0.101. The minimum Gasteiger partial charge on any atom is -0.508 e. The fourth-order valence-corrected chi connectivity index (χ4v) is 3.86. The summed E-state index contributed by atoms with van der Waals surface area (Å²) in [4.78, 5) is 60.7. The van der Waals surface area contributed by atoms with E-state index >= 15 is 0 Å². The Hall–Kier alpha value is -4.41. The topological polar surface area (TPSA) is 163 Å². The lowest BCUT2D eigenvalue weighted by Gasteiger charge is -2.19. The largest absolute Gasteiger partial charge is 0.508 e. The number of hydrogen-bond donors (Lipinski definition) is 5. The smallest absolute Gasteiger partial charge is 0.408 e. The van der Waals surface area contributed by atoms with Crippen molar-refractivity contribution in [3.05, 3.63) is 65.7 Å². The first-order valence-electron chi connectivity index (χ1n) is 11.9. The monoisotopic (exact) mass is 510 g/mol. The molecule has 3 rings (SSSR count). The number of carbonyl (C=O) groups excluding carboxylic acids is 5. The van der Waals surface area contributed by atoms with Crippen molar-refractivity contribution in [1.82, 2.24) is 21.3 Å². The first kappa shape index (κ1) is 27.2. The molecule has 2 aromatic rings. The Morgan fingerprint density at radius 3 is 2.43 bits per heavy atom. The number of ether oxygens (including phenoxy) is 1. The van der Waals surface area contributed by atoms with Gasteiger partial charge in [-0.2, -0.15) is 0 Å². The molecule has 1 fully saturated rings. The third-order valence-electron chi connectivity index (χ3n) is 5.83. The van der Waals surface area contributed by atoms with Crippen molar-refractivity contribution < 1.29 is 33.8 Å². The molecule has 0 bridgehead atoms. The van der Waals surface area contributed by atoms with Gasteiger partial charge in [0.15, 0.2) is 0 Å². The number of aromatic hydroxyl groups is 1. The van der Waals surface area contributed by atoms with Crippen molar-refractivity contribution >= 4 is 30.1 Å². The van der Waals surface area contributed by atoms with Crippen LogP contribution in [-0.4, -0.2) is 60.4 Å². The van der Waals surface area contributed by atoms with E-state index in [0.29, 0.717) is 24.8 Å². The third-order valence-corrected chi connectivity index (χ3v) is 5.83. The SMILES string of the molecule is O=CC(CC1CCNC1=O)NC(=O)CNC(=O)[C@H](Cc1ccc(O)cc1)NC(=O)OCc1ccccc1. The summed E-state index contributed by atoms with van der Waals surface area (Å²) < 4.78 is 5.21. The summed E-state index contributed by atoms with van der Waals surface area (Å²) in [5.74, 6) is -1.71. The fraction of sp³-hybridized carbons (Fsp3) is 0.346. The lowest BCUT2D eigenvalue weighted by atomic mass is 9.99. The Kier molecular flexibility index (Phi) is 10.0. The Labute approximate surface area is 214 Å². The van der Waals surface area contributed by atoms with Crippen LogP contribution in [0.1, 0.15) is 24.0 Å². The highest BCUT2D eigenvalue weighted by Crippen LogP contribution is 2.15. The van der Waals surface area contributed by atoms with Gasteiger partial charge in [0.25, 0.3) is 0 Å². The zero-order valence-corrected chi connectivity index (χ0v) is 20.1. The molecule has 1 heterocycles. The normalized spacial score (nSPS) is 16.1. The lowest BCUT2D eigenvalue weighted by molar-refractivity contribution is -0.128. The summed E-state index contributed by atoms with van der Waals surface area (Å²) in [5, 5.41) is 19.7. The number of nitrogens with one attached hydrogen (secondary N) is 4. The predicted molar refractivity (Wildman–Crippen MR) is 132 cm³/mol. The summed E-state index contributed by atoms with van der Waals surface area (Å²) in [5.41, 5.74) is 1.43. The third kappa shape index (κ3) is 8.95. The number of benzene rings is 2. The zero-order chi connectivity index (χ0) is 26.6. The molecule has 2 aromatic carbocycles. The van der Waals surface area contributed by atoms with Crippen molar-refractivity contribution in [2.24, 2.45) is 5.92 Å². The van der Waals surface area contributed by atoms with Crippen molar-refractivity contribution in [3.8, 4) is 5.75 Å². The van der Waals surface area contributed by atoms with Crippen LogP contribution in [0.2, 0.25) is 0 Å². The van der Waals surface area contributed by atoms with Crippen LogP contribution in [-0.2, 0) is 36.9 Å². The van der Waals surface area contributed by atoms with E-state index in [9.17, 15) is 29.1 Å². The van der Waals surface area contributed by atoms with Crippen LogP contribution in [0.15, 0.2) is 54.6 Å². The molecule has 1 aliphatic rings. The summed E-state index contributed by atoms with van der Waals surface area (Å²) in [6.07, 6.45) is 0.572. The number of hydrogen-bond acceptors (Lipinski definition) is 7. The van der Waals surface area contributed by atoms with Crippen molar-refractivity contribution in [1.29, 1.82) is 0 Å². The lowest BCUT2D eigenvalue weighted by Crippen LogP contribution is -2.51. The number of alkyl carbamates (subject to hydrolysis) is 1. The molecular weight excluding hydrogens is 480 g/mol. The second-order valence-electron chi connectivity index (χ2n) is 8.67. The zero-order valence-electron chi connectivity index (χ0n) is 20.1. The van der Waals surface area contributed by atoms with Crippen LogP contribution >= 0.6 is 0 Å². The fourth-order valence-electron chi connectivity index (χ4n) is 3.86. The second-order valence-corrected chi connectivity index (χ2v) is 8.67. The standard InChI is InChI=1S/C26H30N4O7/c31-15-20(13-19-10-11-27-24(19)34)29-23(33)14-28-25(35)22(12-17-6-8-21(32)9-7-17)30-26(36)37-16-18-4-2-1-3-5-18/h1-9,15,19-20,22,32H,10-14,16H2,(H,27,34)(H,28,35)(H,29,33)(H,30,36)/t19?,20?,22-/m0/s1. The first-order chi connectivity index (χ1) is 17.8. The molecule has 2 unspecified atom stereocenters. The average molecular weight is 511 g/mol. The maximum atomic E-state index is 12.9. The molecule has 0 aromatic heterocycles. The summed E-state index contributed by atoms with van der Waals surface area (Å²) in [7, 11) is 0. The molecule has 0 aliphatic carbocycles. The molecule has 1 aliphatic heterocycles. The van der Waals surface area contributed by atoms with Gasteiger partial charge in [0, 0.05) is 18.9 Å². The van der Waals surface area contributed by atoms with Gasteiger partial charge in [-0.3, -0.25) is 14.4 Å². The van der Waals surface area contributed by atoms with Gasteiger partial charge in [-0.25, -0.2) is 4.79 Å². The Bertz CT molecular complexity index is 1090. The van der Waals surface area contributed by atoms with Crippen molar-refractivity contribution in [3.63, 3.8) is 0 Å². The van der Waals surface area contributed by atoms with Gasteiger partial charge >= 0.3 is 6.09 Å². The molecule has 0 spiro atoms. The van der Waals surface area contributed by atoms with Gasteiger partial charge in [0.2, 0.25) is 17.7 Å². The molecule has 3 atom stereocenters. The Morgan fingerprint density at radius 1 is 1.05 bits per heavy atom. The van der Waals surface area contributed by atoms with Crippen LogP contribution in [0.3, 0.4) is 0 Å². The van der Waals surface area contributed by atoms with Crippen molar-refractivity contribution in [2.45, 2.75) is 38.0 Å². The summed E-state index contributed by atoms with van der Waals surface area (Å²) >= 11 is 0. The molecule has 5 N–H and O–H groups in total. The van der Waals surface area contributed by atoms with Gasteiger partial charge in [0.05, 0.1) is 12.6 Å². The number of amides is 4. The van der Waals surface area contributed by atoms with Crippen LogP contribution in [0.4, 0.5) is 4.79 Å². The van der Waals surface area contributed by atoms with Crippen LogP contribution < -0.4 is 21.3 Å². The van der Waals surface area contributed by atoms with E-state index in [1.54, 1.807) is 36.4 Å². The van der Waals surface area contributed by atoms with E-state index in [1.807, 2.05) is 6.07 Å². The van der Waals surface area contributed by atoms with E-state index in [1.165, 1.54) is 12.1 Å². The van der Waals surface area contributed by atoms with Gasteiger partial charge in [-0.15, -0.1) is 0 Å². The minimum absolute atomic E-state index is 0.00866. The number of phenolic OH excluding ortho intramolecular Hbond substituents is 1. The highest BCUT2D eigenvalue weighted by atomic mass is 16.5.